The molecule has 0 aliphatic carbocycles. The summed E-state index contributed by atoms with van der Waals surface area (Å²) in [5.74, 6) is 0.294. The number of amides is 1. The van der Waals surface area contributed by atoms with Crippen LogP contribution < -0.4 is 10.1 Å². The lowest BCUT2D eigenvalue weighted by Gasteiger charge is -2.18. The van der Waals surface area contributed by atoms with Crippen LogP contribution >= 0.6 is 38.9 Å². The van der Waals surface area contributed by atoms with Crippen molar-refractivity contribution in [2.75, 3.05) is 5.32 Å². The van der Waals surface area contributed by atoms with Crippen LogP contribution in [0.3, 0.4) is 0 Å². The van der Waals surface area contributed by atoms with Gasteiger partial charge in [0.2, 0.25) is 6.10 Å². The van der Waals surface area contributed by atoms with Gasteiger partial charge >= 0.3 is 0 Å². The van der Waals surface area contributed by atoms with Gasteiger partial charge in [0, 0.05) is 26.6 Å². The van der Waals surface area contributed by atoms with Crippen molar-refractivity contribution in [3.05, 3.63) is 75.2 Å². The summed E-state index contributed by atoms with van der Waals surface area (Å²) in [7, 11) is 0. The van der Waals surface area contributed by atoms with E-state index in [1.807, 2.05) is 12.1 Å². The van der Waals surface area contributed by atoms with E-state index in [1.54, 1.807) is 48.0 Å². The van der Waals surface area contributed by atoms with Crippen LogP contribution in [0, 0.1) is 0 Å². The number of thiazole rings is 1. The van der Waals surface area contributed by atoms with Crippen molar-refractivity contribution < 1.29 is 9.53 Å². The van der Waals surface area contributed by atoms with Crippen molar-refractivity contribution >= 4 is 49.9 Å². The van der Waals surface area contributed by atoms with E-state index in [4.69, 9.17) is 16.3 Å². The second-order valence-corrected chi connectivity index (χ2v) is 7.08. The molecule has 0 aliphatic rings. The maximum atomic E-state index is 12.7. The highest BCUT2D eigenvalue weighted by Crippen LogP contribution is 2.26. The van der Waals surface area contributed by atoms with E-state index in [0.717, 1.165) is 4.47 Å². The van der Waals surface area contributed by atoms with E-state index in [-0.39, 0.29) is 5.91 Å². The van der Waals surface area contributed by atoms with Gasteiger partial charge in [0.1, 0.15) is 5.75 Å². The molecule has 0 fully saturated rings. The summed E-state index contributed by atoms with van der Waals surface area (Å²) in [5, 5.41) is 5.69. The highest BCUT2D eigenvalue weighted by molar-refractivity contribution is 9.10. The summed E-state index contributed by atoms with van der Waals surface area (Å²) < 4.78 is 6.84. The van der Waals surface area contributed by atoms with Crippen molar-refractivity contribution in [1.29, 1.82) is 0 Å². The average molecular weight is 424 g/mol. The molecule has 1 N–H and O–H groups in total. The first-order valence-electron chi connectivity index (χ1n) is 7.00. The highest BCUT2D eigenvalue weighted by Gasteiger charge is 2.23. The first-order valence-corrected chi connectivity index (χ1v) is 9.05. The van der Waals surface area contributed by atoms with Crippen molar-refractivity contribution in [2.45, 2.75) is 6.10 Å². The third-order valence-corrected chi connectivity index (χ3v) is 4.61. The molecule has 1 aromatic heterocycles. The van der Waals surface area contributed by atoms with E-state index < -0.39 is 6.10 Å². The molecular formula is C17H12BrClN2O2S. The van der Waals surface area contributed by atoms with Gasteiger partial charge in [-0.05, 0) is 36.4 Å². The number of carbonyl (C=O) groups is 1. The van der Waals surface area contributed by atoms with Gasteiger partial charge in [0.25, 0.3) is 5.91 Å². The Morgan fingerprint density at radius 1 is 1.17 bits per heavy atom. The minimum Gasteiger partial charge on any atom is -0.476 e. The van der Waals surface area contributed by atoms with Crippen LogP contribution in [0.4, 0.5) is 5.13 Å². The lowest BCUT2D eigenvalue weighted by molar-refractivity contribution is -0.123. The number of aromatic nitrogens is 1. The number of ether oxygens (including phenoxy) is 1. The Kier molecular flexibility index (Phi) is 5.50. The van der Waals surface area contributed by atoms with Gasteiger partial charge in [-0.2, -0.15) is 0 Å². The zero-order valence-electron chi connectivity index (χ0n) is 12.3. The minimum atomic E-state index is -0.813. The van der Waals surface area contributed by atoms with Gasteiger partial charge in [-0.25, -0.2) is 4.98 Å². The molecule has 0 spiro atoms. The van der Waals surface area contributed by atoms with Crippen LogP contribution in [0.15, 0.2) is 64.6 Å². The molecule has 2 aromatic carbocycles. The third-order valence-electron chi connectivity index (χ3n) is 3.14. The molecule has 0 saturated carbocycles. The average Bonchev–Trinajstić information content (AvgIpc) is 3.08. The van der Waals surface area contributed by atoms with Gasteiger partial charge in [-0.15, -0.1) is 11.3 Å². The first kappa shape index (κ1) is 17.0. The number of halogens is 2. The maximum Gasteiger partial charge on any atom is 0.271 e. The number of nitrogens with one attached hydrogen (secondary N) is 1. The summed E-state index contributed by atoms with van der Waals surface area (Å²) in [6, 6.07) is 14.3. The molecule has 24 heavy (non-hydrogen) atoms. The predicted molar refractivity (Wildman–Crippen MR) is 99.7 cm³/mol. The zero-order chi connectivity index (χ0) is 16.9. The Bertz CT molecular complexity index is 808. The molecule has 1 amide bonds. The maximum absolute atomic E-state index is 12.7. The number of nitrogens with zero attached hydrogens (tertiary/aromatic N) is 1. The fourth-order valence-corrected chi connectivity index (χ4v) is 2.94. The molecule has 122 valence electrons. The van der Waals surface area contributed by atoms with Gasteiger partial charge < -0.3 is 4.74 Å². The Labute approximate surface area is 156 Å². The normalized spacial score (nSPS) is 11.8. The molecule has 0 radical (unpaired) electrons. The van der Waals surface area contributed by atoms with E-state index >= 15 is 0 Å². The minimum absolute atomic E-state index is 0.296. The molecule has 0 saturated heterocycles. The summed E-state index contributed by atoms with van der Waals surface area (Å²) in [4.78, 5) is 16.7. The van der Waals surface area contributed by atoms with Crippen molar-refractivity contribution in [1.82, 2.24) is 4.98 Å². The lowest BCUT2D eigenvalue weighted by atomic mass is 10.1. The number of anilines is 1. The number of benzene rings is 2. The van der Waals surface area contributed by atoms with Crippen LogP contribution in [0.1, 0.15) is 11.7 Å². The number of hydrogen-bond acceptors (Lipinski definition) is 4. The number of hydrogen-bond donors (Lipinski definition) is 1. The Hall–Kier alpha value is -1.89. The smallest absolute Gasteiger partial charge is 0.271 e. The summed E-state index contributed by atoms with van der Waals surface area (Å²) in [5.41, 5.74) is 0.705. The van der Waals surface area contributed by atoms with Crippen molar-refractivity contribution in [3.8, 4) is 5.75 Å². The van der Waals surface area contributed by atoms with Crippen LogP contribution in [0.2, 0.25) is 5.02 Å². The fraction of sp³-hybridized carbons (Fsp3) is 0.0588. The van der Waals surface area contributed by atoms with Gasteiger partial charge in [0.05, 0.1) is 0 Å². The first-order chi connectivity index (χ1) is 11.6. The molecule has 4 nitrogen and oxygen atoms in total. The highest BCUT2D eigenvalue weighted by atomic mass is 79.9. The van der Waals surface area contributed by atoms with E-state index in [0.29, 0.717) is 21.5 Å². The van der Waals surface area contributed by atoms with E-state index in [2.05, 4.69) is 26.2 Å². The molecule has 1 heterocycles. The fourth-order valence-electron chi connectivity index (χ4n) is 2.02. The third kappa shape index (κ3) is 4.35. The van der Waals surface area contributed by atoms with Crippen LogP contribution in [0.25, 0.3) is 0 Å². The van der Waals surface area contributed by atoms with Gasteiger partial charge in [-0.1, -0.05) is 39.7 Å². The summed E-state index contributed by atoms with van der Waals surface area (Å²) in [6.07, 6.45) is 0.819. The molecule has 0 bridgehead atoms. The topological polar surface area (TPSA) is 51.2 Å². The monoisotopic (exact) mass is 422 g/mol. The Balaban J connectivity index is 1.86. The van der Waals surface area contributed by atoms with Gasteiger partial charge in [-0.3, -0.25) is 10.1 Å². The molecular weight excluding hydrogens is 412 g/mol. The standard InChI is InChI=1S/C17H12BrClN2O2S/c18-12-3-7-14(8-4-12)23-15(11-1-5-13(19)6-2-11)16(22)21-17-20-9-10-24-17/h1-10,15H,(H,20,21,22). The Morgan fingerprint density at radius 3 is 2.50 bits per heavy atom. The zero-order valence-corrected chi connectivity index (χ0v) is 15.4. The van der Waals surface area contributed by atoms with E-state index in [9.17, 15) is 4.79 Å². The van der Waals surface area contributed by atoms with Crippen LogP contribution in [-0.4, -0.2) is 10.9 Å². The van der Waals surface area contributed by atoms with Gasteiger partial charge in [0.15, 0.2) is 5.13 Å². The second kappa shape index (κ2) is 7.79. The summed E-state index contributed by atoms with van der Waals surface area (Å²) in [6.45, 7) is 0. The van der Waals surface area contributed by atoms with Crippen LogP contribution in [0.5, 0.6) is 5.75 Å². The van der Waals surface area contributed by atoms with Crippen molar-refractivity contribution in [2.24, 2.45) is 0 Å². The summed E-state index contributed by atoms with van der Waals surface area (Å²) >= 11 is 10.7. The molecule has 0 aliphatic heterocycles. The number of rotatable bonds is 5. The quantitative estimate of drug-likeness (QED) is 0.604. The molecule has 3 aromatic rings. The van der Waals surface area contributed by atoms with E-state index in [1.165, 1.54) is 11.3 Å². The molecule has 1 unspecified atom stereocenters. The predicted octanol–water partition coefficient (Wildman–Crippen LogP) is 5.32. The van der Waals surface area contributed by atoms with Crippen molar-refractivity contribution in [3.63, 3.8) is 0 Å². The van der Waals surface area contributed by atoms with Crippen LogP contribution in [-0.2, 0) is 4.79 Å². The lowest BCUT2D eigenvalue weighted by Crippen LogP contribution is -2.25. The molecule has 3 rings (SSSR count). The molecule has 1 atom stereocenters. The SMILES string of the molecule is O=C(Nc1nccs1)C(Oc1ccc(Br)cc1)c1ccc(Cl)cc1. The largest absolute Gasteiger partial charge is 0.476 e. The molecule has 7 heteroatoms. The Morgan fingerprint density at radius 2 is 1.88 bits per heavy atom. The second-order valence-electron chi connectivity index (χ2n) is 4.83. The number of carbonyl (C=O) groups excluding carboxylic acids is 1.